The largest absolute Gasteiger partial charge is 0.386 e. The normalized spacial score (nSPS) is 25.7. The van der Waals surface area contributed by atoms with Gasteiger partial charge in [-0.3, -0.25) is 9.59 Å². The molecule has 2 unspecified atom stereocenters. The maximum absolute atomic E-state index is 13.6. The number of nitrogens with one attached hydrogen (secondary N) is 1. The van der Waals surface area contributed by atoms with Crippen molar-refractivity contribution in [1.29, 1.82) is 5.26 Å². The summed E-state index contributed by atoms with van der Waals surface area (Å²) in [6, 6.07) is 5.02. The van der Waals surface area contributed by atoms with Gasteiger partial charge < -0.3 is 16.2 Å². The molecule has 0 saturated heterocycles. The number of thiophene rings is 1. The summed E-state index contributed by atoms with van der Waals surface area (Å²) in [7, 11) is -3.25. The van der Waals surface area contributed by atoms with Crippen LogP contribution in [-0.4, -0.2) is 43.2 Å². The predicted molar refractivity (Wildman–Crippen MR) is 114 cm³/mol. The zero-order valence-corrected chi connectivity index (χ0v) is 19.2. The molecule has 2 aliphatic rings. The number of amides is 2. The van der Waals surface area contributed by atoms with Crippen molar-refractivity contribution >= 4 is 48.9 Å². The molecule has 0 aromatic carbocycles. The van der Waals surface area contributed by atoms with Gasteiger partial charge in [0.2, 0.25) is 26.4 Å². The number of hydrogen-bond acceptors (Lipinski definition) is 7. The first-order chi connectivity index (χ1) is 14.1. The lowest BCUT2D eigenvalue weighted by atomic mass is 9.73. The lowest BCUT2D eigenvalue weighted by Crippen LogP contribution is -2.60. The number of rotatable bonds is 5. The topological polar surface area (TPSA) is 150 Å². The molecule has 11 heteroatoms. The summed E-state index contributed by atoms with van der Waals surface area (Å²) in [5, 5.41) is 23.3. The average Bonchev–Trinajstić information content (AvgIpc) is 3.37. The number of sulfone groups is 1. The van der Waals surface area contributed by atoms with Crippen LogP contribution < -0.4 is 11.1 Å². The Balaban J connectivity index is 2.36. The number of halogens is 1. The fourth-order valence-corrected chi connectivity index (χ4v) is 8.17. The smallest absolute Gasteiger partial charge is 0.249 e. The van der Waals surface area contributed by atoms with Crippen molar-refractivity contribution in [2.24, 2.45) is 11.1 Å². The number of nitrogens with zero attached hydrogens (tertiary/aromatic N) is 1. The van der Waals surface area contributed by atoms with Crippen LogP contribution in [0.15, 0.2) is 43.4 Å². The Labute approximate surface area is 186 Å². The first-order valence-corrected chi connectivity index (χ1v) is 12.2. The van der Waals surface area contributed by atoms with Crippen LogP contribution in [0.25, 0.3) is 0 Å². The molecule has 1 saturated carbocycles. The van der Waals surface area contributed by atoms with Crippen LogP contribution in [0.2, 0.25) is 0 Å². The van der Waals surface area contributed by atoms with Gasteiger partial charge in [-0.1, -0.05) is 12.8 Å². The number of nitrogens with two attached hydrogens (primary N) is 1. The van der Waals surface area contributed by atoms with E-state index in [9.17, 15) is 28.4 Å². The van der Waals surface area contributed by atoms with Crippen molar-refractivity contribution in [1.82, 2.24) is 5.32 Å². The average molecular weight is 514 g/mol. The third kappa shape index (κ3) is 3.22. The molecule has 0 aliphatic heterocycles. The van der Waals surface area contributed by atoms with Gasteiger partial charge >= 0.3 is 0 Å². The van der Waals surface area contributed by atoms with Gasteiger partial charge in [-0.2, -0.15) is 5.26 Å². The highest BCUT2D eigenvalue weighted by atomic mass is 79.9. The standard InChI is InChI=1S/C19H20BrN3O5S2/c1-23-16(25)12-8-11(18(10-21)6-2-3-7-18)9-19(15(12)24,17(22)26)30(27,28)14-5-4-13(20)29-14/h4-5,8-9,15,24H,2-3,6-7H2,1H3,(H2,22,26)(H,23,25). The number of allylic oxidation sites excluding steroid dienone is 2. The molecular weight excluding hydrogens is 494 g/mol. The van der Waals surface area contributed by atoms with Crippen molar-refractivity contribution < 1.29 is 23.1 Å². The maximum atomic E-state index is 13.6. The van der Waals surface area contributed by atoms with E-state index in [4.69, 9.17) is 5.73 Å². The second-order valence-corrected chi connectivity index (χ2v) is 12.1. The Morgan fingerprint density at radius 1 is 1.37 bits per heavy atom. The Morgan fingerprint density at radius 2 is 2.00 bits per heavy atom. The van der Waals surface area contributed by atoms with Gasteiger partial charge in [0.1, 0.15) is 10.3 Å². The second-order valence-electron chi connectivity index (χ2n) is 7.30. The van der Waals surface area contributed by atoms with Gasteiger partial charge in [-0.15, -0.1) is 11.3 Å². The van der Waals surface area contributed by atoms with Crippen molar-refractivity contribution in [2.45, 2.75) is 40.7 Å². The molecule has 2 atom stereocenters. The molecule has 1 aromatic rings. The number of carbonyl (C=O) groups is 2. The fourth-order valence-electron chi connectivity index (χ4n) is 4.05. The monoisotopic (exact) mass is 513 g/mol. The Morgan fingerprint density at radius 3 is 2.47 bits per heavy atom. The molecule has 8 nitrogen and oxygen atoms in total. The van der Waals surface area contributed by atoms with Crippen LogP contribution in [0.5, 0.6) is 0 Å². The molecule has 3 rings (SSSR count). The van der Waals surface area contributed by atoms with Gasteiger partial charge in [0.05, 0.1) is 15.3 Å². The second kappa shape index (κ2) is 7.92. The lowest BCUT2D eigenvalue weighted by molar-refractivity contribution is -0.122. The maximum Gasteiger partial charge on any atom is 0.249 e. The highest BCUT2D eigenvalue weighted by Gasteiger charge is 2.59. The minimum absolute atomic E-state index is 0.196. The minimum Gasteiger partial charge on any atom is -0.386 e. The van der Waals surface area contributed by atoms with Gasteiger partial charge in [0.25, 0.3) is 0 Å². The molecule has 1 aromatic heterocycles. The molecule has 2 amide bonds. The Bertz CT molecular complexity index is 1110. The van der Waals surface area contributed by atoms with E-state index in [1.54, 1.807) is 0 Å². The predicted octanol–water partition coefficient (Wildman–Crippen LogP) is 1.57. The van der Waals surface area contributed by atoms with Crippen LogP contribution in [0.1, 0.15) is 25.7 Å². The van der Waals surface area contributed by atoms with Crippen molar-refractivity contribution in [3.05, 3.63) is 39.2 Å². The molecular formula is C19H20BrN3O5S2. The molecule has 0 bridgehead atoms. The van der Waals surface area contributed by atoms with E-state index in [1.165, 1.54) is 25.3 Å². The molecule has 4 N–H and O–H groups in total. The zero-order valence-electron chi connectivity index (χ0n) is 16.0. The van der Waals surface area contributed by atoms with Crippen LogP contribution in [-0.2, 0) is 19.4 Å². The molecule has 2 aliphatic carbocycles. The summed E-state index contributed by atoms with van der Waals surface area (Å²) in [6.45, 7) is 0. The quantitative estimate of drug-likeness (QED) is 0.543. The summed E-state index contributed by atoms with van der Waals surface area (Å²) in [4.78, 5) is 25.2. The van der Waals surface area contributed by atoms with Gasteiger partial charge in [0, 0.05) is 12.6 Å². The van der Waals surface area contributed by atoms with Crippen LogP contribution in [0, 0.1) is 16.7 Å². The highest BCUT2D eigenvalue weighted by Crippen LogP contribution is 2.49. The van der Waals surface area contributed by atoms with E-state index in [-0.39, 0.29) is 15.4 Å². The van der Waals surface area contributed by atoms with Crippen LogP contribution in [0.4, 0.5) is 0 Å². The molecule has 0 spiro atoms. The van der Waals surface area contributed by atoms with Crippen LogP contribution in [0.3, 0.4) is 0 Å². The first-order valence-electron chi connectivity index (χ1n) is 9.12. The third-order valence-corrected chi connectivity index (χ3v) is 10.2. The van der Waals surface area contributed by atoms with E-state index < -0.39 is 37.9 Å². The minimum atomic E-state index is -4.57. The number of hydrogen-bond donors (Lipinski definition) is 3. The molecule has 0 radical (unpaired) electrons. The zero-order chi connectivity index (χ0) is 22.3. The van der Waals surface area contributed by atoms with Gasteiger partial charge in [-0.25, -0.2) is 8.42 Å². The number of carbonyl (C=O) groups excluding carboxylic acids is 2. The fraction of sp³-hybridized carbons (Fsp3) is 0.421. The number of likely N-dealkylation sites (N-methyl/N-ethyl adjacent to an activating group) is 1. The summed E-state index contributed by atoms with van der Waals surface area (Å²) < 4.78 is 24.9. The van der Waals surface area contributed by atoms with Crippen molar-refractivity contribution in [2.75, 3.05) is 7.05 Å². The number of aliphatic hydroxyl groups is 1. The third-order valence-electron chi connectivity index (χ3n) is 5.74. The SMILES string of the molecule is CNC(=O)C1=CC(C2(C#N)CCCC2)=CC(C(N)=O)(S(=O)(=O)c2ccc(Br)s2)C1O. The van der Waals surface area contributed by atoms with Gasteiger partial charge in [-0.05, 0) is 58.6 Å². The molecule has 1 fully saturated rings. The Kier molecular flexibility index (Phi) is 5.99. The summed E-state index contributed by atoms with van der Waals surface area (Å²) in [5.74, 6) is -2.08. The lowest BCUT2D eigenvalue weighted by Gasteiger charge is -2.38. The number of primary amides is 1. The van der Waals surface area contributed by atoms with E-state index in [0.29, 0.717) is 16.6 Å². The molecule has 160 valence electrons. The summed E-state index contributed by atoms with van der Waals surface area (Å²) in [6.07, 6.45) is 2.74. The van der Waals surface area contributed by atoms with E-state index >= 15 is 0 Å². The van der Waals surface area contributed by atoms with E-state index in [1.807, 2.05) is 0 Å². The Hall–Kier alpha value is -2.00. The summed E-state index contributed by atoms with van der Waals surface area (Å²) >= 11 is 4.05. The van der Waals surface area contributed by atoms with Gasteiger partial charge in [0.15, 0.2) is 0 Å². The van der Waals surface area contributed by atoms with Crippen LogP contribution >= 0.6 is 27.3 Å². The number of nitriles is 1. The first kappa shape index (κ1) is 22.7. The molecule has 1 heterocycles. The van der Waals surface area contributed by atoms with Crippen molar-refractivity contribution in [3.63, 3.8) is 0 Å². The highest BCUT2D eigenvalue weighted by molar-refractivity contribution is 9.11. The van der Waals surface area contributed by atoms with Crippen molar-refractivity contribution in [3.8, 4) is 6.07 Å². The molecule has 30 heavy (non-hydrogen) atoms. The number of aliphatic hydroxyl groups excluding tert-OH is 1. The summed E-state index contributed by atoms with van der Waals surface area (Å²) in [5.41, 5.74) is 4.42. The van der Waals surface area contributed by atoms with E-state index in [0.717, 1.165) is 30.3 Å². The van der Waals surface area contributed by atoms with E-state index in [2.05, 4.69) is 27.3 Å².